The largest absolute Gasteiger partial charge is 0.485 e. The number of thioether (sulfide) groups is 1. The van der Waals surface area contributed by atoms with E-state index in [1.54, 1.807) is 11.3 Å². The van der Waals surface area contributed by atoms with Gasteiger partial charge in [0.1, 0.15) is 23.4 Å². The first-order valence-corrected chi connectivity index (χ1v) is 14.1. The van der Waals surface area contributed by atoms with E-state index in [9.17, 15) is 10.1 Å². The van der Waals surface area contributed by atoms with Crippen LogP contribution in [0.15, 0.2) is 29.4 Å². The van der Waals surface area contributed by atoms with Crippen LogP contribution in [0.1, 0.15) is 61.0 Å². The fraction of sp³-hybridized carbons (Fsp3) is 0.481. The fourth-order valence-electron chi connectivity index (χ4n) is 4.50. The summed E-state index contributed by atoms with van der Waals surface area (Å²) in [6.07, 6.45) is 4.10. The zero-order chi connectivity index (χ0) is 25.9. The molecule has 1 unspecified atom stereocenters. The van der Waals surface area contributed by atoms with Crippen LogP contribution in [0.25, 0.3) is 0 Å². The molecule has 1 amide bonds. The Kier molecular flexibility index (Phi) is 8.06. The molecule has 2 heterocycles. The molecular formula is C27H33N5O2S2. The molecule has 1 atom stereocenters. The number of rotatable bonds is 9. The van der Waals surface area contributed by atoms with Crippen LogP contribution in [0.3, 0.4) is 0 Å². The first-order valence-electron chi connectivity index (χ1n) is 12.3. The molecular weight excluding hydrogens is 490 g/mol. The smallest absolute Gasteiger partial charge is 0.235 e. The summed E-state index contributed by atoms with van der Waals surface area (Å²) in [5.41, 5.74) is 3.09. The number of fused-ring (bicyclic) bond motifs is 1. The van der Waals surface area contributed by atoms with Crippen LogP contribution in [0.4, 0.5) is 5.00 Å². The summed E-state index contributed by atoms with van der Waals surface area (Å²) in [4.78, 5) is 14.0. The summed E-state index contributed by atoms with van der Waals surface area (Å²) in [5.74, 6) is 2.12. The maximum absolute atomic E-state index is 12.8. The average molecular weight is 524 g/mol. The van der Waals surface area contributed by atoms with Gasteiger partial charge < -0.3 is 14.6 Å². The number of para-hydroxylation sites is 1. The number of carbonyl (C=O) groups excluding carboxylic acids is 1. The van der Waals surface area contributed by atoms with Gasteiger partial charge in [0.15, 0.2) is 11.0 Å². The number of hydrogen-bond acceptors (Lipinski definition) is 7. The molecule has 4 rings (SSSR count). The normalized spacial score (nSPS) is 15.3. The number of amides is 1. The third-order valence-corrected chi connectivity index (χ3v) is 9.54. The molecule has 9 heteroatoms. The number of aryl methyl sites for hydroxylation is 1. The number of nitriles is 1. The fourth-order valence-corrected chi connectivity index (χ4v) is 6.52. The van der Waals surface area contributed by atoms with E-state index in [-0.39, 0.29) is 17.1 Å². The van der Waals surface area contributed by atoms with E-state index in [0.717, 1.165) is 42.6 Å². The van der Waals surface area contributed by atoms with Gasteiger partial charge in [0.25, 0.3) is 0 Å². The quantitative estimate of drug-likeness (QED) is 0.351. The van der Waals surface area contributed by atoms with Gasteiger partial charge in [0, 0.05) is 11.9 Å². The predicted octanol–water partition coefficient (Wildman–Crippen LogP) is 5.91. The second-order valence-electron chi connectivity index (χ2n) is 9.95. The minimum atomic E-state index is -0.152. The maximum Gasteiger partial charge on any atom is 0.235 e. The van der Waals surface area contributed by atoms with E-state index < -0.39 is 0 Å². The Bertz CT molecular complexity index is 1290. The van der Waals surface area contributed by atoms with Crippen molar-refractivity contribution in [2.75, 3.05) is 11.1 Å². The second kappa shape index (κ2) is 11.1. The number of hydrogen-bond donors (Lipinski definition) is 1. The van der Waals surface area contributed by atoms with Gasteiger partial charge in [-0.3, -0.25) is 4.79 Å². The van der Waals surface area contributed by atoms with Crippen LogP contribution in [0, 0.1) is 29.6 Å². The molecule has 7 nitrogen and oxygen atoms in total. The van der Waals surface area contributed by atoms with Crippen molar-refractivity contribution in [3.63, 3.8) is 0 Å². The van der Waals surface area contributed by atoms with Crippen LogP contribution in [-0.2, 0) is 31.3 Å². The van der Waals surface area contributed by atoms with Crippen molar-refractivity contribution in [1.82, 2.24) is 14.8 Å². The van der Waals surface area contributed by atoms with E-state index >= 15 is 0 Å². The first kappa shape index (κ1) is 26.2. The van der Waals surface area contributed by atoms with Gasteiger partial charge in [-0.2, -0.15) is 5.26 Å². The van der Waals surface area contributed by atoms with Crippen molar-refractivity contribution >= 4 is 34.0 Å². The Morgan fingerprint density at radius 2 is 2.14 bits per heavy atom. The number of nitrogens with one attached hydrogen (secondary N) is 1. The molecule has 1 aliphatic rings. The number of nitrogens with zero attached hydrogens (tertiary/aromatic N) is 4. The molecule has 1 aliphatic carbocycles. The molecule has 1 N–H and O–H groups in total. The summed E-state index contributed by atoms with van der Waals surface area (Å²) < 4.78 is 7.73. The van der Waals surface area contributed by atoms with Gasteiger partial charge in [0.05, 0.1) is 11.3 Å². The molecule has 190 valence electrons. The number of anilines is 1. The molecule has 0 spiro atoms. The van der Waals surface area contributed by atoms with Crippen LogP contribution < -0.4 is 10.1 Å². The summed E-state index contributed by atoms with van der Waals surface area (Å²) >= 11 is 2.88. The Hall–Kier alpha value is -2.83. The standard InChI is InChI=1S/C27H33N5O2S2/c1-6-27(3,4)18-11-12-19-20(14-28)25(36-22(19)13-18)29-24(33)16-35-26-31-30-23(32(26)5)15-34-21-10-8-7-9-17(21)2/h7-10,18H,6,11-13,15-16H2,1-5H3,(H,29,33). The SMILES string of the molecule is CCC(C)(C)C1CCc2c(sc(NC(=O)CSc3nnc(COc4ccccc4C)n3C)c2C#N)C1. The van der Waals surface area contributed by atoms with Crippen molar-refractivity contribution in [3.8, 4) is 11.8 Å². The van der Waals surface area contributed by atoms with Gasteiger partial charge in [-0.1, -0.05) is 57.2 Å². The highest BCUT2D eigenvalue weighted by atomic mass is 32.2. The van der Waals surface area contributed by atoms with E-state index in [2.05, 4.69) is 42.4 Å². The number of thiophene rings is 1. The van der Waals surface area contributed by atoms with E-state index in [0.29, 0.717) is 34.1 Å². The summed E-state index contributed by atoms with van der Waals surface area (Å²) in [7, 11) is 1.87. The van der Waals surface area contributed by atoms with Crippen molar-refractivity contribution in [1.29, 1.82) is 5.26 Å². The molecule has 0 saturated heterocycles. The van der Waals surface area contributed by atoms with Gasteiger partial charge in [0.2, 0.25) is 5.91 Å². The first-order chi connectivity index (χ1) is 17.2. The molecule has 0 saturated carbocycles. The van der Waals surface area contributed by atoms with Gasteiger partial charge >= 0.3 is 0 Å². The Balaban J connectivity index is 1.36. The average Bonchev–Trinajstić information content (AvgIpc) is 3.40. The topological polar surface area (TPSA) is 92.8 Å². The highest BCUT2D eigenvalue weighted by Crippen LogP contribution is 2.45. The van der Waals surface area contributed by atoms with E-state index in [1.165, 1.54) is 16.6 Å². The second-order valence-corrected chi connectivity index (χ2v) is 12.0. The number of carbonyl (C=O) groups is 1. The summed E-state index contributed by atoms with van der Waals surface area (Å²) in [6, 6.07) is 10.2. The van der Waals surface area contributed by atoms with Crippen molar-refractivity contribution in [2.24, 2.45) is 18.4 Å². The van der Waals surface area contributed by atoms with Gasteiger partial charge in [-0.15, -0.1) is 21.5 Å². The third-order valence-electron chi connectivity index (χ3n) is 7.35. The molecule has 36 heavy (non-hydrogen) atoms. The van der Waals surface area contributed by atoms with E-state index in [1.807, 2.05) is 42.8 Å². The van der Waals surface area contributed by atoms with Gasteiger partial charge in [-0.05, 0) is 54.7 Å². The molecule has 0 radical (unpaired) electrons. The molecule has 3 aromatic rings. The minimum absolute atomic E-state index is 0.152. The molecule has 1 aromatic carbocycles. The number of aromatic nitrogens is 3. The lowest BCUT2D eigenvalue weighted by Gasteiger charge is -2.36. The van der Waals surface area contributed by atoms with Crippen LogP contribution >= 0.6 is 23.1 Å². The maximum atomic E-state index is 12.8. The number of ether oxygens (including phenoxy) is 1. The van der Waals surface area contributed by atoms with Crippen LogP contribution in [0.5, 0.6) is 5.75 Å². The minimum Gasteiger partial charge on any atom is -0.485 e. The predicted molar refractivity (Wildman–Crippen MR) is 144 cm³/mol. The summed E-state index contributed by atoms with van der Waals surface area (Å²) in [5, 5.41) is 22.6. The van der Waals surface area contributed by atoms with Crippen molar-refractivity contribution in [2.45, 2.75) is 65.1 Å². The lowest BCUT2D eigenvalue weighted by atomic mass is 9.69. The van der Waals surface area contributed by atoms with E-state index in [4.69, 9.17) is 4.74 Å². The Morgan fingerprint density at radius 1 is 1.36 bits per heavy atom. The molecule has 0 aliphatic heterocycles. The van der Waals surface area contributed by atoms with Gasteiger partial charge in [-0.25, -0.2) is 0 Å². The highest BCUT2D eigenvalue weighted by molar-refractivity contribution is 7.99. The molecule has 0 fully saturated rings. The lowest BCUT2D eigenvalue weighted by molar-refractivity contribution is -0.113. The lowest BCUT2D eigenvalue weighted by Crippen LogP contribution is -2.28. The number of benzene rings is 1. The monoisotopic (exact) mass is 523 g/mol. The third kappa shape index (κ3) is 5.60. The summed E-state index contributed by atoms with van der Waals surface area (Å²) in [6.45, 7) is 9.19. The Labute approximate surface area is 221 Å². The van der Waals surface area contributed by atoms with Crippen molar-refractivity contribution in [3.05, 3.63) is 51.7 Å². The Morgan fingerprint density at radius 3 is 2.86 bits per heavy atom. The zero-order valence-electron chi connectivity index (χ0n) is 21.6. The van der Waals surface area contributed by atoms with Crippen LogP contribution in [0.2, 0.25) is 0 Å². The molecule has 2 aromatic heterocycles. The molecule has 0 bridgehead atoms. The van der Waals surface area contributed by atoms with Crippen LogP contribution in [-0.4, -0.2) is 26.4 Å². The van der Waals surface area contributed by atoms with Crippen molar-refractivity contribution < 1.29 is 9.53 Å². The zero-order valence-corrected chi connectivity index (χ0v) is 23.2. The highest BCUT2D eigenvalue weighted by Gasteiger charge is 2.34.